The number of carboxylic acid groups (broad SMARTS) is 4. The molecule has 0 aliphatic heterocycles. The van der Waals surface area contributed by atoms with Crippen molar-refractivity contribution in [1.29, 1.82) is 0 Å². The van der Waals surface area contributed by atoms with Gasteiger partial charge in [0, 0.05) is 17.9 Å². The number of aliphatic carboxylic acids is 4. The first-order valence-electron chi connectivity index (χ1n) is 14.3. The molecule has 3 fully saturated rings. The summed E-state index contributed by atoms with van der Waals surface area (Å²) in [5, 5.41) is 41.9. The largest absolute Gasteiger partial charge is 0.550 e. The van der Waals surface area contributed by atoms with E-state index in [4.69, 9.17) is 24.1 Å². The smallest absolute Gasteiger partial charge is 0.309 e. The maximum Gasteiger partial charge on any atom is 0.309 e. The normalized spacial score (nSPS) is 25.5. The average Bonchev–Trinajstić information content (AvgIpc) is 3.66. The zero-order valence-electron chi connectivity index (χ0n) is 23.7. The van der Waals surface area contributed by atoms with Crippen LogP contribution < -0.4 is 15.3 Å². The van der Waals surface area contributed by atoms with Gasteiger partial charge in [-0.15, -0.1) is 0 Å². The van der Waals surface area contributed by atoms with Crippen molar-refractivity contribution >= 4 is 47.8 Å². The number of ether oxygens (including phenoxy) is 4. The topological polar surface area (TPSA) is 263 Å². The van der Waals surface area contributed by atoms with Gasteiger partial charge in [-0.3, -0.25) is 24.0 Å². The Kier molecular flexibility index (Phi) is 11.7. The monoisotopic (exact) mass is 625 g/mol. The Balaban J connectivity index is 2.08. The Hall–Kier alpha value is -4.24. The molecule has 3 aliphatic rings. The third-order valence-electron chi connectivity index (χ3n) is 8.59. The maximum absolute atomic E-state index is 12.8. The first-order chi connectivity index (χ1) is 20.7. The van der Waals surface area contributed by atoms with E-state index in [1.54, 1.807) is 0 Å². The second-order valence-electron chi connectivity index (χ2n) is 11.3. The predicted octanol–water partition coefficient (Wildman–Crippen LogP) is -2.29. The summed E-state index contributed by atoms with van der Waals surface area (Å²) in [5.41, 5.74) is -1.80. The van der Waals surface area contributed by atoms with E-state index >= 15 is 0 Å². The van der Waals surface area contributed by atoms with Crippen molar-refractivity contribution in [1.82, 2.24) is 0 Å². The van der Waals surface area contributed by atoms with Crippen molar-refractivity contribution in [3.05, 3.63) is 0 Å². The van der Waals surface area contributed by atoms with E-state index in [9.17, 15) is 53.7 Å². The summed E-state index contributed by atoms with van der Waals surface area (Å²) in [4.78, 5) is 95.3. The molecule has 16 heteroatoms. The molecule has 0 radical (unpaired) electrons. The van der Waals surface area contributed by atoms with E-state index in [-0.39, 0.29) is 24.2 Å². The second-order valence-corrected chi connectivity index (χ2v) is 11.3. The lowest BCUT2D eigenvalue weighted by molar-refractivity contribution is -0.307. The number of fused-ring (bicyclic) bond motifs is 5. The lowest BCUT2D eigenvalue weighted by Crippen LogP contribution is -2.56. The third-order valence-corrected chi connectivity index (χ3v) is 8.59. The molecule has 0 amide bonds. The Morgan fingerprint density at radius 2 is 0.977 bits per heavy atom. The summed E-state index contributed by atoms with van der Waals surface area (Å²) in [7, 11) is 0. The lowest BCUT2D eigenvalue weighted by Gasteiger charge is -2.46. The van der Waals surface area contributed by atoms with E-state index < -0.39 is 123 Å². The van der Waals surface area contributed by atoms with Gasteiger partial charge in [0.25, 0.3) is 12.6 Å². The van der Waals surface area contributed by atoms with Gasteiger partial charge < -0.3 is 53.8 Å². The van der Waals surface area contributed by atoms with E-state index in [0.717, 1.165) is 6.42 Å². The Morgan fingerprint density at radius 3 is 1.36 bits per heavy atom. The van der Waals surface area contributed by atoms with Crippen LogP contribution >= 0.6 is 0 Å². The molecule has 0 aromatic heterocycles. The quantitative estimate of drug-likeness (QED) is 0.124. The van der Waals surface area contributed by atoms with Crippen LogP contribution in [0.4, 0.5) is 0 Å². The van der Waals surface area contributed by atoms with Gasteiger partial charge in [-0.2, -0.15) is 0 Å². The molecule has 3 aliphatic carbocycles. The zero-order chi connectivity index (χ0) is 32.6. The standard InChI is InChI=1S/C28H36O16/c29-17(30)3-7-21(37)41-26(42-22(38)8-4-18(31)32)28(12-11-16-14-1-2-15(13-14)25(16)28)27(43-23(39)9-5-19(33)34)44-24(40)10-6-20(35)36/h14-16,25-27H,1-13H2,(H,29,30)(H,31,32)(H,33,34)(H,35,36)/p-3. The molecular weight excluding hydrogens is 592 g/mol. The molecule has 0 aromatic carbocycles. The van der Waals surface area contributed by atoms with E-state index in [1.807, 2.05) is 0 Å². The van der Waals surface area contributed by atoms with Crippen LogP contribution in [0, 0.1) is 29.1 Å². The molecule has 6 atom stereocenters. The third kappa shape index (κ3) is 8.66. The number of carbonyl (C=O) groups excluding carboxylic acids is 7. The van der Waals surface area contributed by atoms with Gasteiger partial charge >= 0.3 is 29.8 Å². The Labute approximate surface area is 250 Å². The average molecular weight is 626 g/mol. The van der Waals surface area contributed by atoms with Crippen LogP contribution in [-0.2, 0) is 57.3 Å². The van der Waals surface area contributed by atoms with Gasteiger partial charge in [0.05, 0.1) is 32.1 Å². The number of carboxylic acids is 4. The zero-order valence-corrected chi connectivity index (χ0v) is 23.7. The van der Waals surface area contributed by atoms with Crippen molar-refractivity contribution in [3.8, 4) is 0 Å². The van der Waals surface area contributed by atoms with Crippen molar-refractivity contribution in [3.63, 3.8) is 0 Å². The molecule has 3 saturated carbocycles. The molecule has 0 saturated heterocycles. The number of hydrogen-bond donors (Lipinski definition) is 1. The predicted molar refractivity (Wildman–Crippen MR) is 131 cm³/mol. The minimum Gasteiger partial charge on any atom is -0.550 e. The van der Waals surface area contributed by atoms with Crippen molar-refractivity contribution in [2.45, 2.75) is 96.1 Å². The summed E-state index contributed by atoms with van der Waals surface area (Å²) in [6, 6.07) is 0. The Morgan fingerprint density at radius 1 is 0.591 bits per heavy atom. The molecule has 44 heavy (non-hydrogen) atoms. The molecule has 0 spiro atoms. The van der Waals surface area contributed by atoms with Crippen LogP contribution in [0.5, 0.6) is 0 Å². The van der Waals surface area contributed by atoms with Crippen molar-refractivity contribution < 1.29 is 77.7 Å². The van der Waals surface area contributed by atoms with Gasteiger partial charge in [-0.1, -0.05) is 0 Å². The highest BCUT2D eigenvalue weighted by molar-refractivity contribution is 5.79. The van der Waals surface area contributed by atoms with Crippen molar-refractivity contribution in [2.24, 2.45) is 29.1 Å². The first kappa shape index (κ1) is 34.3. The fraction of sp³-hybridized carbons (Fsp3) is 0.714. The highest BCUT2D eigenvalue weighted by atomic mass is 16.7. The molecule has 6 unspecified atom stereocenters. The van der Waals surface area contributed by atoms with Crippen LogP contribution in [0.2, 0.25) is 0 Å². The number of hydrogen-bond acceptors (Lipinski definition) is 15. The molecule has 16 nitrogen and oxygen atoms in total. The van der Waals surface area contributed by atoms with Crippen molar-refractivity contribution in [2.75, 3.05) is 0 Å². The molecule has 1 N–H and O–H groups in total. The van der Waals surface area contributed by atoms with Crippen LogP contribution in [-0.4, -0.2) is 65.4 Å². The van der Waals surface area contributed by atoms with Crippen LogP contribution in [0.3, 0.4) is 0 Å². The molecule has 2 bridgehead atoms. The van der Waals surface area contributed by atoms with E-state index in [0.29, 0.717) is 19.3 Å². The summed E-state index contributed by atoms with van der Waals surface area (Å²) >= 11 is 0. The van der Waals surface area contributed by atoms with E-state index in [1.165, 1.54) is 0 Å². The summed E-state index contributed by atoms with van der Waals surface area (Å²) < 4.78 is 22.0. The fourth-order valence-electron chi connectivity index (χ4n) is 6.93. The highest BCUT2D eigenvalue weighted by Crippen LogP contribution is 2.68. The fourth-order valence-corrected chi connectivity index (χ4v) is 6.93. The highest BCUT2D eigenvalue weighted by Gasteiger charge is 2.69. The minimum atomic E-state index is -1.98. The summed E-state index contributed by atoms with van der Waals surface area (Å²) in [5.74, 6) is -11.3. The van der Waals surface area contributed by atoms with E-state index in [2.05, 4.69) is 0 Å². The molecule has 0 aromatic rings. The van der Waals surface area contributed by atoms with Crippen LogP contribution in [0.1, 0.15) is 83.5 Å². The maximum atomic E-state index is 12.8. The van der Waals surface area contributed by atoms with Gasteiger partial charge in [0.2, 0.25) is 0 Å². The number of esters is 4. The summed E-state index contributed by atoms with van der Waals surface area (Å²) in [6.45, 7) is 0. The Bertz CT molecular complexity index is 1030. The molecule has 3 rings (SSSR count). The first-order valence-corrected chi connectivity index (χ1v) is 14.3. The van der Waals surface area contributed by atoms with Gasteiger partial charge in [0.1, 0.15) is 5.41 Å². The SMILES string of the molecule is O=C([O-])CCC(=O)OC(OC(=O)CCC(=O)[O-])C1(C(OC(=O)CCC(=O)[O-])OC(=O)CCC(=O)O)CCC2C3CCC(C3)C21. The molecule has 244 valence electrons. The van der Waals surface area contributed by atoms with Crippen LogP contribution in [0.25, 0.3) is 0 Å². The van der Waals surface area contributed by atoms with Gasteiger partial charge in [-0.05, 0) is 75.0 Å². The lowest BCUT2D eigenvalue weighted by atomic mass is 9.67. The minimum absolute atomic E-state index is 0.0217. The van der Waals surface area contributed by atoms with Gasteiger partial charge in [0.15, 0.2) is 0 Å². The number of rotatable bonds is 18. The number of carbonyl (C=O) groups is 8. The second kappa shape index (κ2) is 15.0. The summed E-state index contributed by atoms with van der Waals surface area (Å²) in [6.07, 6.45) is -7.10. The van der Waals surface area contributed by atoms with Crippen LogP contribution in [0.15, 0.2) is 0 Å². The van der Waals surface area contributed by atoms with Gasteiger partial charge in [-0.25, -0.2) is 0 Å². The molecular formula is C28H33O16-3. The molecule has 0 heterocycles.